The van der Waals surface area contributed by atoms with E-state index in [0.29, 0.717) is 6.67 Å². The molecule has 2 aliphatic heterocycles. The monoisotopic (exact) mass is 942 g/mol. The Morgan fingerprint density at radius 2 is 1.12 bits per heavy atom. The Bertz CT molecular complexity index is 3960. The first-order valence-corrected chi connectivity index (χ1v) is 27.4. The number of para-hydroxylation sites is 3. The van der Waals surface area contributed by atoms with Crippen molar-refractivity contribution in [2.45, 2.75) is 45.4 Å². The minimum atomic E-state index is -3.01. The lowest BCUT2D eigenvalue weighted by Crippen LogP contribution is -2.72. The van der Waals surface area contributed by atoms with Gasteiger partial charge in [-0.25, -0.2) is 4.98 Å². The molecule has 0 N–H and O–H groups in total. The van der Waals surface area contributed by atoms with E-state index in [2.05, 4.69) is 267 Å². The molecule has 0 amide bonds. The van der Waals surface area contributed by atoms with Gasteiger partial charge in [-0.3, -0.25) is 4.57 Å². The van der Waals surface area contributed by atoms with Crippen LogP contribution in [0.1, 0.15) is 51.3 Å². The Morgan fingerprint density at radius 3 is 1.89 bits per heavy atom. The number of anilines is 4. The van der Waals surface area contributed by atoms with Gasteiger partial charge in [0.25, 0.3) is 0 Å². The number of pyridine rings is 1. The minimum Gasteiger partial charge on any atom is -0.321 e. The Hall–Kier alpha value is -8.25. The topological polar surface area (TPSA) is 24.3 Å². The third-order valence-electron chi connectivity index (χ3n) is 16.3. The zero-order chi connectivity index (χ0) is 48.5. The molecule has 4 heterocycles. The molecule has 0 saturated heterocycles. The van der Waals surface area contributed by atoms with Gasteiger partial charge >= 0.3 is 0 Å². The van der Waals surface area contributed by atoms with Crippen LogP contribution >= 0.6 is 0 Å². The first kappa shape index (κ1) is 42.6. The van der Waals surface area contributed by atoms with Crippen molar-refractivity contribution < 1.29 is 0 Å². The van der Waals surface area contributed by atoms with Crippen molar-refractivity contribution in [2.75, 3.05) is 16.5 Å². The molecule has 9 aromatic carbocycles. The summed E-state index contributed by atoms with van der Waals surface area (Å²) in [5, 5.41) is 8.04. The third-order valence-corrected chi connectivity index (χ3v) is 21.2. The fraction of sp³-hybridized carbons (Fsp3) is 0.119. The molecule has 3 aliphatic rings. The summed E-state index contributed by atoms with van der Waals surface area (Å²) in [4.78, 5) is 10.3. The average molecular weight is 943 g/mol. The maximum atomic E-state index is 5.10. The van der Waals surface area contributed by atoms with E-state index in [1.165, 1.54) is 110 Å². The molecule has 0 bridgehead atoms. The van der Waals surface area contributed by atoms with Gasteiger partial charge in [-0.15, -0.1) is 0 Å². The van der Waals surface area contributed by atoms with Gasteiger partial charge in [0.2, 0.25) is 0 Å². The number of aromatic nitrogens is 2. The molecule has 0 unspecified atom stereocenters. The van der Waals surface area contributed by atoms with Gasteiger partial charge in [0.15, 0.2) is 8.07 Å². The minimum absolute atomic E-state index is 0.0264. The fourth-order valence-electron chi connectivity index (χ4n) is 12.9. The zero-order valence-electron chi connectivity index (χ0n) is 41.4. The van der Waals surface area contributed by atoms with Crippen molar-refractivity contribution in [3.8, 4) is 39.2 Å². The summed E-state index contributed by atoms with van der Waals surface area (Å²) in [5.74, 6) is 0.944. The highest BCUT2D eigenvalue weighted by molar-refractivity contribution is 7.22. The highest BCUT2D eigenvalue weighted by Gasteiger charge is 2.49. The van der Waals surface area contributed by atoms with Crippen LogP contribution in [0, 0.1) is 0 Å². The van der Waals surface area contributed by atoms with E-state index in [1.54, 1.807) is 0 Å². The SMILES string of the molecule is CC(C)(C)c1ccnc(-n2c3ccccc3c3ccc([Si]4(c5cccc(N6CN(c7c(-c8ccccc8)ccc8c7-c7ccccc7C8(C)C)c7ccccc76)c5)c5ccccc5-c5ccccc54)cc32)c1. The summed E-state index contributed by atoms with van der Waals surface area (Å²) in [6.07, 6.45) is 1.98. The van der Waals surface area contributed by atoms with Crippen molar-refractivity contribution in [1.82, 2.24) is 9.55 Å². The highest BCUT2D eigenvalue weighted by Crippen LogP contribution is 2.57. The highest BCUT2D eigenvalue weighted by atomic mass is 28.3. The van der Waals surface area contributed by atoms with E-state index in [0.717, 1.165) is 11.3 Å². The van der Waals surface area contributed by atoms with Gasteiger partial charge in [0, 0.05) is 39.2 Å². The number of hydrogen-bond acceptors (Lipinski definition) is 3. The van der Waals surface area contributed by atoms with Crippen molar-refractivity contribution >= 4 is 73.4 Å². The molecule has 5 heteroatoms. The molecule has 0 radical (unpaired) electrons. The quantitative estimate of drug-likeness (QED) is 0.155. The van der Waals surface area contributed by atoms with Crippen molar-refractivity contribution in [3.63, 3.8) is 0 Å². The lowest BCUT2D eigenvalue weighted by atomic mass is 9.82. The van der Waals surface area contributed by atoms with Crippen LogP contribution in [0.25, 0.3) is 61.0 Å². The molecule has 2 aromatic heterocycles. The summed E-state index contributed by atoms with van der Waals surface area (Å²) < 4.78 is 2.41. The van der Waals surface area contributed by atoms with E-state index < -0.39 is 8.07 Å². The lowest BCUT2D eigenvalue weighted by Gasteiger charge is -2.33. The van der Waals surface area contributed by atoms with E-state index >= 15 is 0 Å². The molecule has 4 nitrogen and oxygen atoms in total. The maximum absolute atomic E-state index is 5.10. The molecule has 0 saturated carbocycles. The van der Waals surface area contributed by atoms with Crippen LogP contribution in [0.3, 0.4) is 0 Å². The van der Waals surface area contributed by atoms with Gasteiger partial charge in [0.05, 0.1) is 28.1 Å². The van der Waals surface area contributed by atoms with E-state index in [-0.39, 0.29) is 10.8 Å². The Morgan fingerprint density at radius 1 is 0.486 bits per heavy atom. The Balaban J connectivity index is 0.987. The molecule has 1 aliphatic carbocycles. The van der Waals surface area contributed by atoms with Crippen molar-refractivity contribution in [1.29, 1.82) is 0 Å². The van der Waals surface area contributed by atoms with E-state index in [9.17, 15) is 0 Å². The number of rotatable bonds is 6. The van der Waals surface area contributed by atoms with Crippen molar-refractivity contribution in [3.05, 3.63) is 241 Å². The molecule has 0 fully saturated rings. The van der Waals surface area contributed by atoms with Crippen LogP contribution in [0.4, 0.5) is 22.7 Å². The summed E-state index contributed by atoms with van der Waals surface area (Å²) >= 11 is 0. The van der Waals surface area contributed by atoms with Crippen LogP contribution < -0.4 is 30.5 Å². The Kier molecular flexibility index (Phi) is 9.25. The smallest absolute Gasteiger partial charge is 0.181 e. The van der Waals surface area contributed by atoms with Gasteiger partial charge in [-0.2, -0.15) is 0 Å². The second-order valence-electron chi connectivity index (χ2n) is 21.5. The molecule has 14 rings (SSSR count). The van der Waals surface area contributed by atoms with Crippen LogP contribution in [-0.2, 0) is 10.8 Å². The molecular weight excluding hydrogens is 889 g/mol. The van der Waals surface area contributed by atoms with Crippen molar-refractivity contribution in [2.24, 2.45) is 0 Å². The Labute approximate surface area is 423 Å². The average Bonchev–Trinajstić information content (AvgIpc) is 4.13. The summed E-state index contributed by atoms with van der Waals surface area (Å²) in [6.45, 7) is 12.3. The summed E-state index contributed by atoms with van der Waals surface area (Å²) in [7, 11) is -3.01. The van der Waals surface area contributed by atoms with Gasteiger partial charge in [0.1, 0.15) is 12.5 Å². The predicted octanol–water partition coefficient (Wildman–Crippen LogP) is 14.1. The van der Waals surface area contributed by atoms with E-state index in [4.69, 9.17) is 4.98 Å². The van der Waals surface area contributed by atoms with E-state index in [1.807, 2.05) is 6.20 Å². The number of fused-ring (bicyclic) bond motifs is 10. The number of benzene rings is 9. The number of hydrogen-bond donors (Lipinski definition) is 0. The molecule has 0 atom stereocenters. The van der Waals surface area contributed by atoms with Gasteiger partial charge in [-0.1, -0.05) is 204 Å². The fourth-order valence-corrected chi connectivity index (χ4v) is 18.1. The van der Waals surface area contributed by atoms with Crippen LogP contribution in [-0.4, -0.2) is 24.3 Å². The largest absolute Gasteiger partial charge is 0.321 e. The zero-order valence-corrected chi connectivity index (χ0v) is 42.4. The third kappa shape index (κ3) is 6.01. The molecular formula is C67H54N4Si. The maximum Gasteiger partial charge on any atom is 0.181 e. The normalized spacial score (nSPS) is 14.8. The second-order valence-corrected chi connectivity index (χ2v) is 25.3. The van der Waals surface area contributed by atoms with Crippen LogP contribution in [0.2, 0.25) is 0 Å². The molecule has 72 heavy (non-hydrogen) atoms. The predicted molar refractivity (Wildman–Crippen MR) is 305 cm³/mol. The van der Waals surface area contributed by atoms with Crippen LogP contribution in [0.5, 0.6) is 0 Å². The van der Waals surface area contributed by atoms with Gasteiger partial charge in [-0.05, 0) is 114 Å². The second kappa shape index (κ2) is 15.6. The van der Waals surface area contributed by atoms with Gasteiger partial charge < -0.3 is 9.80 Å². The lowest BCUT2D eigenvalue weighted by molar-refractivity contribution is 0.588. The summed E-state index contributed by atoms with van der Waals surface area (Å²) in [5.41, 5.74) is 18.8. The van der Waals surface area contributed by atoms with Crippen LogP contribution in [0.15, 0.2) is 225 Å². The number of nitrogens with zero attached hydrogens (tertiary/aromatic N) is 4. The summed E-state index contributed by atoms with van der Waals surface area (Å²) in [6, 6.07) is 82.6. The molecule has 11 aromatic rings. The molecule has 346 valence electrons. The molecule has 0 spiro atoms. The first-order valence-electron chi connectivity index (χ1n) is 25.4. The standard InChI is InChI=1S/C67H54N4Si/c1-66(2,3)45-38-39-68-63(40-45)71-57-29-14-10-24-50(57)51-35-34-48(42-60(51)71)72(61-32-17-11-25-52(61)53-26-12-18-33-62(53)72)47-23-19-22-46(41-47)69-43-70(59-31-16-15-30-58(59)69)65-49(44-20-7-6-8-21-44)36-37-56-64(65)54-27-9-13-28-55(54)67(56,4)5/h6-42H,43H2,1-5H3. The first-order chi connectivity index (χ1) is 35.1.